The van der Waals surface area contributed by atoms with Crippen molar-refractivity contribution in [3.63, 3.8) is 0 Å². The van der Waals surface area contributed by atoms with Gasteiger partial charge in [0.15, 0.2) is 0 Å². The van der Waals surface area contributed by atoms with Crippen molar-refractivity contribution in [2.45, 2.75) is 71.0 Å². The maximum atomic E-state index is 11.8. The first-order valence-electron chi connectivity index (χ1n) is 10.2. The highest BCUT2D eigenvalue weighted by Crippen LogP contribution is 2.63. The van der Waals surface area contributed by atoms with Gasteiger partial charge in [-0.15, -0.1) is 0 Å². The van der Waals surface area contributed by atoms with Crippen molar-refractivity contribution in [1.29, 1.82) is 0 Å². The van der Waals surface area contributed by atoms with Gasteiger partial charge in [-0.2, -0.15) is 0 Å². The van der Waals surface area contributed by atoms with Crippen molar-refractivity contribution < 1.29 is 24.2 Å². The Kier molecular flexibility index (Phi) is 5.52. The molecule has 7 heteroatoms. The highest BCUT2D eigenvalue weighted by Gasteiger charge is 2.61. The first-order valence-corrected chi connectivity index (χ1v) is 11.8. The zero-order chi connectivity index (χ0) is 21.1. The van der Waals surface area contributed by atoms with E-state index >= 15 is 0 Å². The molecule has 3 aliphatic rings. The summed E-state index contributed by atoms with van der Waals surface area (Å²) in [7, 11) is 0. The minimum Gasteiger partial charge on any atom is -0.506 e. The van der Waals surface area contributed by atoms with Gasteiger partial charge in [0.1, 0.15) is 18.0 Å². The fraction of sp³-hybridized carbons (Fsp3) is 0.636. The molecule has 2 fully saturated rings. The number of halogens is 2. The number of hydrogen-bond donors (Lipinski definition) is 1. The minimum atomic E-state index is -0.394. The van der Waals surface area contributed by atoms with E-state index in [4.69, 9.17) is 9.47 Å². The second kappa shape index (κ2) is 7.56. The summed E-state index contributed by atoms with van der Waals surface area (Å²) in [6, 6.07) is 2.07. The van der Waals surface area contributed by atoms with Crippen molar-refractivity contribution in [2.75, 3.05) is 0 Å². The average Bonchev–Trinajstić information content (AvgIpc) is 2.91. The van der Waals surface area contributed by atoms with Gasteiger partial charge in [0.05, 0.1) is 8.95 Å². The highest BCUT2D eigenvalue weighted by molar-refractivity contribution is 9.11. The van der Waals surface area contributed by atoms with E-state index in [1.165, 1.54) is 25.0 Å². The Morgan fingerprint density at radius 1 is 1.17 bits per heavy atom. The van der Waals surface area contributed by atoms with Crippen molar-refractivity contribution in [3.8, 4) is 5.75 Å². The third kappa shape index (κ3) is 3.42. The summed E-state index contributed by atoms with van der Waals surface area (Å²) >= 11 is 7.07. The third-order valence-electron chi connectivity index (χ3n) is 7.42. The fourth-order valence-electron chi connectivity index (χ4n) is 6.29. The largest absolute Gasteiger partial charge is 0.506 e. The lowest BCUT2D eigenvalue weighted by molar-refractivity contribution is -0.171. The van der Waals surface area contributed by atoms with Gasteiger partial charge in [-0.1, -0.05) is 6.92 Å². The molecular weight excluding hydrogens is 504 g/mol. The van der Waals surface area contributed by atoms with E-state index in [9.17, 15) is 14.7 Å². The molecule has 0 bridgehead atoms. The first-order chi connectivity index (χ1) is 13.6. The van der Waals surface area contributed by atoms with Crippen LogP contribution in [0.1, 0.15) is 63.5 Å². The van der Waals surface area contributed by atoms with Crippen LogP contribution in [0.3, 0.4) is 0 Å². The molecule has 0 amide bonds. The van der Waals surface area contributed by atoms with Gasteiger partial charge < -0.3 is 14.6 Å². The van der Waals surface area contributed by atoms with Crippen molar-refractivity contribution in [2.24, 2.45) is 17.3 Å². The smallest absolute Gasteiger partial charge is 0.303 e. The molecule has 0 aromatic heterocycles. The zero-order valence-electron chi connectivity index (χ0n) is 16.8. The Hall–Kier alpha value is -1.08. The summed E-state index contributed by atoms with van der Waals surface area (Å²) in [5, 5.41) is 10.3. The van der Waals surface area contributed by atoms with Gasteiger partial charge in [0.25, 0.3) is 0 Å². The van der Waals surface area contributed by atoms with Crippen LogP contribution >= 0.6 is 31.9 Å². The summed E-state index contributed by atoms with van der Waals surface area (Å²) in [6.07, 6.45) is 3.74. The lowest BCUT2D eigenvalue weighted by atomic mass is 9.55. The SMILES string of the molecule is CC(=O)O[C@@H]1C[C@H]2[C@@H]3CCc4c(cc(Br)c(O)c4Br)[C@H]3CC[C@]2(C)[C@H]1OC(C)=O. The summed E-state index contributed by atoms with van der Waals surface area (Å²) in [4.78, 5) is 23.5. The van der Waals surface area contributed by atoms with Crippen LogP contribution in [0.5, 0.6) is 5.75 Å². The Bertz CT molecular complexity index is 869. The summed E-state index contributed by atoms with van der Waals surface area (Å²) in [5.41, 5.74) is 2.29. The van der Waals surface area contributed by atoms with Gasteiger partial charge in [-0.3, -0.25) is 9.59 Å². The number of phenolic OH excluding ortho intramolecular Hbond substituents is 1. The number of fused-ring (bicyclic) bond motifs is 5. The molecule has 5 nitrogen and oxygen atoms in total. The molecule has 1 N–H and O–H groups in total. The number of hydrogen-bond acceptors (Lipinski definition) is 5. The second-order valence-electron chi connectivity index (χ2n) is 8.96. The molecule has 0 aliphatic heterocycles. The molecule has 158 valence electrons. The third-order valence-corrected chi connectivity index (χ3v) is 8.87. The predicted octanol–water partition coefficient (Wildman–Crippen LogP) is 5.25. The molecule has 3 aliphatic carbocycles. The van der Waals surface area contributed by atoms with Crippen LogP contribution in [0.15, 0.2) is 15.0 Å². The monoisotopic (exact) mass is 528 g/mol. The number of benzene rings is 1. The summed E-state index contributed by atoms with van der Waals surface area (Å²) in [5.74, 6) is 0.738. The van der Waals surface area contributed by atoms with E-state index in [0.29, 0.717) is 22.2 Å². The number of ether oxygens (including phenoxy) is 2. The summed E-state index contributed by atoms with van der Waals surface area (Å²) in [6.45, 7) is 5.03. The lowest BCUT2D eigenvalue weighted by Crippen LogP contribution is -2.46. The molecule has 6 atom stereocenters. The van der Waals surface area contributed by atoms with Crippen LogP contribution in [0.4, 0.5) is 0 Å². The van der Waals surface area contributed by atoms with Gasteiger partial charge in [0, 0.05) is 19.3 Å². The molecule has 0 unspecified atom stereocenters. The summed E-state index contributed by atoms with van der Waals surface area (Å²) < 4.78 is 12.9. The molecule has 1 aromatic rings. The van der Waals surface area contributed by atoms with Crippen LogP contribution in [-0.2, 0) is 25.5 Å². The maximum absolute atomic E-state index is 11.8. The molecule has 4 rings (SSSR count). The van der Waals surface area contributed by atoms with Crippen molar-refractivity contribution >= 4 is 43.8 Å². The van der Waals surface area contributed by atoms with E-state index in [1.54, 1.807) is 0 Å². The quantitative estimate of drug-likeness (QED) is 0.530. The van der Waals surface area contributed by atoms with Crippen LogP contribution in [0.25, 0.3) is 0 Å². The molecule has 0 saturated heterocycles. The van der Waals surface area contributed by atoms with Crippen molar-refractivity contribution in [3.05, 3.63) is 26.1 Å². The van der Waals surface area contributed by atoms with E-state index in [-0.39, 0.29) is 29.2 Å². The second-order valence-corrected chi connectivity index (χ2v) is 10.6. The standard InChI is InChI=1S/C22H26Br2O5/c1-10(25)28-18-9-16-13-4-5-14-15(8-17(23)20(27)19(14)24)12(13)6-7-22(16,3)21(18)29-11(2)26/h8,12-13,16,18,21,27H,4-7,9H2,1-3H3/t12-,13+,16-,18+,21-,22-/m0/s1. The normalized spacial score (nSPS) is 35.3. The van der Waals surface area contributed by atoms with Crippen LogP contribution in [0, 0.1) is 17.3 Å². The van der Waals surface area contributed by atoms with Gasteiger partial charge in [0.2, 0.25) is 0 Å². The Balaban J connectivity index is 1.70. The molecule has 2 saturated carbocycles. The van der Waals surface area contributed by atoms with Gasteiger partial charge >= 0.3 is 11.9 Å². The number of carbonyl (C=O) groups excluding carboxylic acids is 2. The Morgan fingerprint density at radius 2 is 1.86 bits per heavy atom. The number of esters is 2. The molecule has 1 aromatic carbocycles. The van der Waals surface area contributed by atoms with E-state index in [0.717, 1.165) is 36.6 Å². The van der Waals surface area contributed by atoms with Crippen LogP contribution in [0.2, 0.25) is 0 Å². The lowest BCUT2D eigenvalue weighted by Gasteiger charge is -2.50. The number of aromatic hydroxyl groups is 1. The van der Waals surface area contributed by atoms with E-state index < -0.39 is 6.10 Å². The molecule has 0 spiro atoms. The minimum absolute atomic E-state index is 0.199. The maximum Gasteiger partial charge on any atom is 0.303 e. The topological polar surface area (TPSA) is 72.8 Å². The van der Waals surface area contributed by atoms with Crippen LogP contribution < -0.4 is 0 Å². The van der Waals surface area contributed by atoms with Gasteiger partial charge in [-0.05, 0) is 98.9 Å². The Labute approximate surface area is 187 Å². The van der Waals surface area contributed by atoms with E-state index in [1.807, 2.05) is 0 Å². The number of rotatable bonds is 2. The van der Waals surface area contributed by atoms with Crippen molar-refractivity contribution in [1.82, 2.24) is 0 Å². The van der Waals surface area contributed by atoms with Gasteiger partial charge in [-0.25, -0.2) is 0 Å². The average molecular weight is 530 g/mol. The predicted molar refractivity (Wildman–Crippen MR) is 115 cm³/mol. The molecule has 29 heavy (non-hydrogen) atoms. The Morgan fingerprint density at radius 3 is 2.52 bits per heavy atom. The number of carbonyl (C=O) groups is 2. The molecule has 0 heterocycles. The first kappa shape index (κ1) is 21.2. The highest BCUT2D eigenvalue weighted by atomic mass is 79.9. The molecule has 0 radical (unpaired) electrons. The number of phenols is 1. The van der Waals surface area contributed by atoms with Crippen LogP contribution in [-0.4, -0.2) is 29.3 Å². The fourth-order valence-corrected chi connectivity index (χ4v) is 7.65. The van der Waals surface area contributed by atoms with E-state index in [2.05, 4.69) is 44.8 Å². The molecular formula is C22H26Br2O5. The zero-order valence-corrected chi connectivity index (χ0v) is 20.0.